The van der Waals surface area contributed by atoms with Crippen molar-refractivity contribution >= 4 is 52.1 Å². The van der Waals surface area contributed by atoms with Crippen molar-refractivity contribution in [2.24, 2.45) is 0 Å². The van der Waals surface area contributed by atoms with Crippen LogP contribution in [0, 0.1) is 0 Å². The zero-order valence-corrected chi connectivity index (χ0v) is 18.4. The van der Waals surface area contributed by atoms with Crippen LogP contribution in [0.25, 0.3) is 6.08 Å². The first-order chi connectivity index (χ1) is 15.0. The Balaban J connectivity index is 1.47. The molecule has 0 saturated carbocycles. The van der Waals surface area contributed by atoms with E-state index in [0.29, 0.717) is 20.5 Å². The van der Waals surface area contributed by atoms with Gasteiger partial charge >= 0.3 is 0 Å². The van der Waals surface area contributed by atoms with Crippen molar-refractivity contribution in [3.05, 3.63) is 70.6 Å². The van der Waals surface area contributed by atoms with E-state index in [9.17, 15) is 14.4 Å². The molecule has 7 nitrogen and oxygen atoms in total. The van der Waals surface area contributed by atoms with Crippen molar-refractivity contribution < 1.29 is 19.1 Å². The van der Waals surface area contributed by atoms with Crippen LogP contribution in [0.1, 0.15) is 15.9 Å². The Bertz CT molecular complexity index is 1020. The highest BCUT2D eigenvalue weighted by Gasteiger charge is 2.31. The largest absolute Gasteiger partial charge is 0.497 e. The summed E-state index contributed by atoms with van der Waals surface area (Å²) in [6, 6.07) is 16.0. The second-order valence-corrected chi connectivity index (χ2v) is 8.18. The summed E-state index contributed by atoms with van der Waals surface area (Å²) >= 11 is 6.53. The van der Waals surface area contributed by atoms with Crippen molar-refractivity contribution in [3.8, 4) is 5.75 Å². The Labute approximate surface area is 189 Å². The zero-order valence-electron chi connectivity index (χ0n) is 16.8. The summed E-state index contributed by atoms with van der Waals surface area (Å²) in [5, 5.41) is 5.24. The van der Waals surface area contributed by atoms with Gasteiger partial charge < -0.3 is 15.4 Å². The van der Waals surface area contributed by atoms with Crippen LogP contribution in [0.15, 0.2) is 59.5 Å². The number of carbonyl (C=O) groups is 3. The van der Waals surface area contributed by atoms with E-state index >= 15 is 0 Å². The lowest BCUT2D eigenvalue weighted by Crippen LogP contribution is -2.41. The minimum Gasteiger partial charge on any atom is -0.497 e. The van der Waals surface area contributed by atoms with Crippen LogP contribution in [-0.4, -0.2) is 53.7 Å². The molecule has 9 heteroatoms. The number of hydrogen-bond acceptors (Lipinski definition) is 6. The molecule has 0 aliphatic carbocycles. The Morgan fingerprint density at radius 2 is 1.90 bits per heavy atom. The molecule has 0 aromatic heterocycles. The minimum atomic E-state index is -0.346. The number of nitrogens with one attached hydrogen (secondary N) is 2. The molecule has 2 aromatic rings. The van der Waals surface area contributed by atoms with Gasteiger partial charge in [0.1, 0.15) is 10.1 Å². The van der Waals surface area contributed by atoms with Crippen LogP contribution < -0.4 is 15.4 Å². The summed E-state index contributed by atoms with van der Waals surface area (Å²) in [6.45, 7) is 0.319. The van der Waals surface area contributed by atoms with E-state index in [1.807, 2.05) is 30.3 Å². The van der Waals surface area contributed by atoms with Gasteiger partial charge in [-0.1, -0.05) is 54.3 Å². The van der Waals surface area contributed by atoms with E-state index < -0.39 is 0 Å². The predicted octanol–water partition coefficient (Wildman–Crippen LogP) is 2.44. The Morgan fingerprint density at radius 1 is 1.13 bits per heavy atom. The van der Waals surface area contributed by atoms with Crippen molar-refractivity contribution in [2.75, 3.05) is 26.7 Å². The van der Waals surface area contributed by atoms with Crippen LogP contribution in [0.4, 0.5) is 0 Å². The lowest BCUT2D eigenvalue weighted by molar-refractivity contribution is -0.123. The molecule has 1 saturated heterocycles. The number of nitrogens with zero attached hydrogens (tertiary/aromatic N) is 1. The van der Waals surface area contributed by atoms with E-state index in [1.165, 1.54) is 16.7 Å². The summed E-state index contributed by atoms with van der Waals surface area (Å²) in [6.07, 6.45) is 1.76. The van der Waals surface area contributed by atoms with Crippen LogP contribution in [0.2, 0.25) is 0 Å². The third-order valence-corrected chi connectivity index (χ3v) is 5.75. The molecule has 31 heavy (non-hydrogen) atoms. The molecule has 1 aliphatic heterocycles. The maximum atomic E-state index is 12.7. The second-order valence-electron chi connectivity index (χ2n) is 6.51. The fourth-order valence-corrected chi connectivity index (χ4v) is 4.11. The molecule has 0 unspecified atom stereocenters. The summed E-state index contributed by atoms with van der Waals surface area (Å²) in [5.74, 6) is -0.173. The molecule has 1 fully saturated rings. The lowest BCUT2D eigenvalue weighted by atomic mass is 10.2. The highest BCUT2D eigenvalue weighted by molar-refractivity contribution is 8.26. The monoisotopic (exact) mass is 455 g/mol. The molecule has 160 valence electrons. The maximum absolute atomic E-state index is 12.7. The van der Waals surface area contributed by atoms with Crippen LogP contribution in [-0.2, 0) is 9.59 Å². The average Bonchev–Trinajstić information content (AvgIpc) is 3.05. The van der Waals surface area contributed by atoms with Gasteiger partial charge in [0.25, 0.3) is 11.8 Å². The number of amides is 3. The fraction of sp³-hybridized carbons (Fsp3) is 0.182. The predicted molar refractivity (Wildman–Crippen MR) is 125 cm³/mol. The van der Waals surface area contributed by atoms with Crippen molar-refractivity contribution in [1.29, 1.82) is 0 Å². The van der Waals surface area contributed by atoms with Gasteiger partial charge in [-0.05, 0) is 35.9 Å². The number of hydrogen-bond donors (Lipinski definition) is 2. The smallest absolute Gasteiger partial charge is 0.266 e. The molecular formula is C22H21N3O4S2. The summed E-state index contributed by atoms with van der Waals surface area (Å²) in [5.41, 5.74) is 1.32. The minimum absolute atomic E-state index is 0.151. The van der Waals surface area contributed by atoms with E-state index in [2.05, 4.69) is 10.6 Å². The topological polar surface area (TPSA) is 87.7 Å². The molecule has 0 spiro atoms. The lowest BCUT2D eigenvalue weighted by Gasteiger charge is -2.15. The number of ether oxygens (including phenoxy) is 1. The number of carbonyl (C=O) groups excluding carboxylic acids is 3. The molecule has 2 N–H and O–H groups in total. The van der Waals surface area contributed by atoms with Crippen LogP contribution >= 0.6 is 24.0 Å². The molecule has 1 heterocycles. The number of methoxy groups -OCH3 is 1. The molecule has 3 amide bonds. The molecule has 2 aromatic carbocycles. The van der Waals surface area contributed by atoms with Gasteiger partial charge in [-0.15, -0.1) is 0 Å². The van der Waals surface area contributed by atoms with Gasteiger partial charge in [0, 0.05) is 18.7 Å². The molecular weight excluding hydrogens is 434 g/mol. The molecule has 3 rings (SSSR count). The van der Waals surface area contributed by atoms with Gasteiger partial charge in [0.15, 0.2) is 0 Å². The molecule has 0 bridgehead atoms. The highest BCUT2D eigenvalue weighted by Crippen LogP contribution is 2.32. The van der Waals surface area contributed by atoms with E-state index in [0.717, 1.165) is 5.56 Å². The third-order valence-electron chi connectivity index (χ3n) is 4.37. The first-order valence-electron chi connectivity index (χ1n) is 9.47. The first-order valence-corrected chi connectivity index (χ1v) is 10.7. The van der Waals surface area contributed by atoms with Gasteiger partial charge in [0.2, 0.25) is 5.91 Å². The highest BCUT2D eigenvalue weighted by atomic mass is 32.2. The summed E-state index contributed by atoms with van der Waals surface area (Å²) < 4.78 is 5.64. The van der Waals surface area contributed by atoms with Crippen LogP contribution in [0.5, 0.6) is 5.75 Å². The van der Waals surface area contributed by atoms with E-state index in [-0.39, 0.29) is 37.4 Å². The number of rotatable bonds is 8. The molecule has 0 atom stereocenters. The van der Waals surface area contributed by atoms with E-state index in [4.69, 9.17) is 17.0 Å². The Hall–Kier alpha value is -3.17. The van der Waals surface area contributed by atoms with Crippen molar-refractivity contribution in [3.63, 3.8) is 0 Å². The summed E-state index contributed by atoms with van der Waals surface area (Å²) in [7, 11) is 1.58. The second kappa shape index (κ2) is 10.7. The average molecular weight is 456 g/mol. The number of thioether (sulfide) groups is 1. The first kappa shape index (κ1) is 22.5. The molecule has 1 aliphatic rings. The van der Waals surface area contributed by atoms with Gasteiger partial charge in [-0.25, -0.2) is 0 Å². The van der Waals surface area contributed by atoms with E-state index in [1.54, 1.807) is 37.5 Å². The normalized spacial score (nSPS) is 14.6. The van der Waals surface area contributed by atoms with Crippen molar-refractivity contribution in [1.82, 2.24) is 15.5 Å². The fourth-order valence-electron chi connectivity index (χ4n) is 2.80. The SMILES string of the molecule is COc1cccc(/C=C2/SC(=S)N(CCNC(=O)CNC(=O)c3ccccc3)C2=O)c1. The summed E-state index contributed by atoms with van der Waals surface area (Å²) in [4.78, 5) is 38.6. The quantitative estimate of drug-likeness (QED) is 0.470. The number of benzene rings is 2. The van der Waals surface area contributed by atoms with Gasteiger partial charge in [0.05, 0.1) is 18.6 Å². The Morgan fingerprint density at radius 3 is 2.65 bits per heavy atom. The maximum Gasteiger partial charge on any atom is 0.266 e. The molecule has 0 radical (unpaired) electrons. The third kappa shape index (κ3) is 6.16. The van der Waals surface area contributed by atoms with Gasteiger partial charge in [-0.2, -0.15) is 0 Å². The Kier molecular flexibility index (Phi) is 7.80. The van der Waals surface area contributed by atoms with Crippen molar-refractivity contribution in [2.45, 2.75) is 0 Å². The number of thiocarbonyl (C=S) groups is 1. The van der Waals surface area contributed by atoms with Gasteiger partial charge in [-0.3, -0.25) is 19.3 Å². The zero-order chi connectivity index (χ0) is 22.2. The standard InChI is InChI=1S/C22H21N3O4S2/c1-29-17-9-5-6-15(12-17)13-18-21(28)25(22(30)31-18)11-10-23-19(26)14-24-20(27)16-7-3-2-4-8-16/h2-9,12-13H,10-11,14H2,1H3,(H,23,26)(H,24,27)/b18-13+. The van der Waals surface area contributed by atoms with Crippen LogP contribution in [0.3, 0.4) is 0 Å².